The van der Waals surface area contributed by atoms with Gasteiger partial charge >= 0.3 is 11.9 Å². The van der Waals surface area contributed by atoms with Crippen molar-refractivity contribution in [2.24, 2.45) is 0 Å². The maximum atomic E-state index is 13.3. The number of methoxy groups -OCH3 is 2. The molecule has 2 unspecified atom stereocenters. The van der Waals surface area contributed by atoms with Gasteiger partial charge in [-0.15, -0.1) is 0 Å². The molecule has 0 bridgehead atoms. The van der Waals surface area contributed by atoms with Gasteiger partial charge in [-0.3, -0.25) is 0 Å². The summed E-state index contributed by atoms with van der Waals surface area (Å²) in [6.45, 7) is 8.03. The Balaban J connectivity index is 2.24. The molecular weight excluding hydrogens is 464 g/mol. The van der Waals surface area contributed by atoms with Gasteiger partial charge in [-0.2, -0.15) is 0 Å². The van der Waals surface area contributed by atoms with Crippen LogP contribution < -0.4 is 9.80 Å². The average molecular weight is 497 g/mol. The minimum atomic E-state index is -3.76. The predicted molar refractivity (Wildman–Crippen MR) is 125 cm³/mol. The van der Waals surface area contributed by atoms with E-state index < -0.39 is 27.0 Å². The molecule has 0 saturated carbocycles. The van der Waals surface area contributed by atoms with Crippen LogP contribution in [-0.2, 0) is 38.4 Å². The van der Waals surface area contributed by atoms with Crippen LogP contribution in [0.1, 0.15) is 27.7 Å². The third kappa shape index (κ3) is 5.06. The highest BCUT2D eigenvalue weighted by Crippen LogP contribution is 2.37. The number of anilines is 2. The summed E-state index contributed by atoms with van der Waals surface area (Å²) in [5.74, 6) is -1.55. The normalized spacial score (nSPS) is 21.6. The predicted octanol–water partition coefficient (Wildman–Crippen LogP) is 1.88. The Morgan fingerprint density at radius 3 is 2.24 bits per heavy atom. The molecule has 0 aromatic heterocycles. The zero-order chi connectivity index (χ0) is 25.2. The topological polar surface area (TPSA) is 112 Å². The lowest BCUT2D eigenvalue weighted by atomic mass is 10.1. The molecular formula is C23H32N2O8S. The molecule has 11 heteroatoms. The molecule has 1 saturated heterocycles. The van der Waals surface area contributed by atoms with E-state index in [4.69, 9.17) is 18.9 Å². The Morgan fingerprint density at radius 1 is 1.06 bits per heavy atom. The molecule has 0 amide bonds. The number of benzene rings is 1. The Morgan fingerprint density at radius 2 is 1.68 bits per heavy atom. The number of esters is 2. The number of morpholine rings is 1. The Labute approximate surface area is 200 Å². The van der Waals surface area contributed by atoms with Crippen molar-refractivity contribution in [2.75, 3.05) is 50.4 Å². The second-order valence-electron chi connectivity index (χ2n) is 8.62. The van der Waals surface area contributed by atoms with E-state index in [9.17, 15) is 18.0 Å². The minimum Gasteiger partial charge on any atom is -0.466 e. The maximum absolute atomic E-state index is 13.3. The van der Waals surface area contributed by atoms with Crippen LogP contribution in [0.15, 0.2) is 34.4 Å². The Hall–Kier alpha value is -2.63. The first kappa shape index (κ1) is 26.0. The first-order valence-corrected chi connectivity index (χ1v) is 12.6. The van der Waals surface area contributed by atoms with Crippen LogP contribution in [0.3, 0.4) is 0 Å². The van der Waals surface area contributed by atoms with Crippen LogP contribution in [0.25, 0.3) is 0 Å². The van der Waals surface area contributed by atoms with Crippen molar-refractivity contribution >= 4 is 33.2 Å². The van der Waals surface area contributed by atoms with E-state index in [2.05, 4.69) is 4.90 Å². The first-order valence-electron chi connectivity index (χ1n) is 11.0. The van der Waals surface area contributed by atoms with Crippen molar-refractivity contribution in [3.8, 4) is 0 Å². The van der Waals surface area contributed by atoms with Gasteiger partial charge in [-0.25, -0.2) is 18.0 Å². The summed E-state index contributed by atoms with van der Waals surface area (Å²) in [6, 6.07) is 4.98. The van der Waals surface area contributed by atoms with Crippen molar-refractivity contribution in [3.63, 3.8) is 0 Å². The fourth-order valence-electron chi connectivity index (χ4n) is 4.13. The summed E-state index contributed by atoms with van der Waals surface area (Å²) in [5, 5.41) is -0.711. The van der Waals surface area contributed by atoms with Gasteiger partial charge in [-0.05, 0) is 45.9 Å². The van der Waals surface area contributed by atoms with Crippen molar-refractivity contribution in [1.29, 1.82) is 0 Å². The van der Waals surface area contributed by atoms with Gasteiger partial charge in [0.25, 0.3) is 0 Å². The Kier molecular flexibility index (Phi) is 7.89. The molecule has 10 nitrogen and oxygen atoms in total. The summed E-state index contributed by atoms with van der Waals surface area (Å²) in [5.41, 5.74) is 0.822. The van der Waals surface area contributed by atoms with Crippen LogP contribution >= 0.6 is 0 Å². The smallest absolute Gasteiger partial charge is 0.355 e. The maximum Gasteiger partial charge on any atom is 0.355 e. The van der Waals surface area contributed by atoms with Crippen molar-refractivity contribution < 1.29 is 37.0 Å². The lowest BCUT2D eigenvalue weighted by molar-refractivity contribution is -0.140. The van der Waals surface area contributed by atoms with Crippen LogP contribution in [0.2, 0.25) is 0 Å². The quantitative estimate of drug-likeness (QED) is 0.541. The molecule has 0 radical (unpaired) electrons. The SMILES string of the molecule is COC(=O)C1=C(C(=O)OC)N(c2cc(N3CC(C)OC(C)C3)ccc2S(=O)(=O)C(C)C)COC1. The summed E-state index contributed by atoms with van der Waals surface area (Å²) in [6.07, 6.45) is -0.0258. The third-order valence-corrected chi connectivity index (χ3v) is 7.98. The van der Waals surface area contributed by atoms with Gasteiger partial charge < -0.3 is 28.7 Å². The monoisotopic (exact) mass is 496 g/mol. The number of hydrogen-bond acceptors (Lipinski definition) is 10. The fraction of sp³-hybridized carbons (Fsp3) is 0.565. The van der Waals surface area contributed by atoms with Gasteiger partial charge in [0.15, 0.2) is 9.84 Å². The van der Waals surface area contributed by atoms with E-state index in [1.54, 1.807) is 26.0 Å². The van der Waals surface area contributed by atoms with Gasteiger partial charge in [0, 0.05) is 18.8 Å². The molecule has 2 aliphatic heterocycles. The van der Waals surface area contributed by atoms with E-state index in [1.807, 2.05) is 13.8 Å². The lowest BCUT2D eigenvalue weighted by Crippen LogP contribution is -2.45. The molecule has 2 aliphatic rings. The molecule has 34 heavy (non-hydrogen) atoms. The number of carbonyl (C=O) groups is 2. The number of nitrogens with zero attached hydrogens (tertiary/aromatic N) is 2. The first-order chi connectivity index (χ1) is 16.0. The van der Waals surface area contributed by atoms with Gasteiger partial charge in [0.2, 0.25) is 0 Å². The van der Waals surface area contributed by atoms with Gasteiger partial charge in [0.05, 0.1) is 54.4 Å². The van der Waals surface area contributed by atoms with Crippen LogP contribution in [0.5, 0.6) is 0 Å². The number of rotatable bonds is 6. The van der Waals surface area contributed by atoms with E-state index in [-0.39, 0.29) is 47.4 Å². The van der Waals surface area contributed by atoms with Crippen molar-refractivity contribution in [1.82, 2.24) is 0 Å². The van der Waals surface area contributed by atoms with E-state index in [0.29, 0.717) is 13.1 Å². The molecule has 2 heterocycles. The van der Waals surface area contributed by atoms with Crippen molar-refractivity contribution in [3.05, 3.63) is 29.5 Å². The highest BCUT2D eigenvalue weighted by atomic mass is 32.2. The van der Waals surface area contributed by atoms with Gasteiger partial charge in [-0.1, -0.05) is 0 Å². The minimum absolute atomic E-state index is 0.0129. The van der Waals surface area contributed by atoms with Crippen LogP contribution in [0.4, 0.5) is 11.4 Å². The molecule has 2 atom stereocenters. The molecule has 0 aliphatic carbocycles. The fourth-order valence-corrected chi connectivity index (χ4v) is 5.36. The number of ether oxygens (including phenoxy) is 4. The summed E-state index contributed by atoms with van der Waals surface area (Å²) < 4.78 is 47.7. The molecule has 1 aromatic carbocycles. The summed E-state index contributed by atoms with van der Waals surface area (Å²) >= 11 is 0. The third-order valence-electron chi connectivity index (χ3n) is 5.78. The average Bonchev–Trinajstić information content (AvgIpc) is 2.81. The summed E-state index contributed by atoms with van der Waals surface area (Å²) in [4.78, 5) is 28.7. The molecule has 1 aromatic rings. The molecule has 0 spiro atoms. The number of sulfone groups is 1. The van der Waals surface area contributed by atoms with Crippen LogP contribution in [0, 0.1) is 0 Å². The summed E-state index contributed by atoms with van der Waals surface area (Å²) in [7, 11) is -1.37. The van der Waals surface area contributed by atoms with E-state index in [1.165, 1.54) is 25.2 Å². The van der Waals surface area contributed by atoms with Crippen LogP contribution in [-0.4, -0.2) is 78.5 Å². The van der Waals surface area contributed by atoms with E-state index >= 15 is 0 Å². The highest BCUT2D eigenvalue weighted by Gasteiger charge is 2.36. The second kappa shape index (κ2) is 10.3. The number of carbonyl (C=O) groups excluding carboxylic acids is 2. The van der Waals surface area contributed by atoms with E-state index in [0.717, 1.165) is 5.69 Å². The zero-order valence-corrected chi connectivity index (χ0v) is 21.2. The van der Waals surface area contributed by atoms with Crippen molar-refractivity contribution in [2.45, 2.75) is 50.0 Å². The molecule has 188 valence electrons. The Bertz CT molecular complexity index is 1070. The van der Waals surface area contributed by atoms with Gasteiger partial charge in [0.1, 0.15) is 12.4 Å². The molecule has 1 fully saturated rings. The highest BCUT2D eigenvalue weighted by molar-refractivity contribution is 7.92. The standard InChI is InChI=1S/C23H32N2O8S/c1-14(2)34(28,29)20-8-7-17(24-10-15(3)33-16(4)11-24)9-19(20)25-13-32-12-18(22(26)30-5)21(25)23(27)31-6/h7-9,14-16H,10-13H2,1-6H3. The largest absolute Gasteiger partial charge is 0.466 e. The molecule has 3 rings (SSSR count). The zero-order valence-electron chi connectivity index (χ0n) is 20.4. The second-order valence-corrected chi connectivity index (χ2v) is 11.1. The molecule has 0 N–H and O–H groups in total. The lowest BCUT2D eigenvalue weighted by Gasteiger charge is -2.38. The number of hydrogen-bond donors (Lipinski definition) is 0.